The molecule has 0 N–H and O–H groups in total. The van der Waals surface area contributed by atoms with Gasteiger partial charge in [-0.3, -0.25) is 4.79 Å². The molecule has 104 valence electrons. The van der Waals surface area contributed by atoms with Crippen molar-refractivity contribution in [2.45, 2.75) is 18.6 Å². The minimum atomic E-state index is -4.69. The second-order valence-electron chi connectivity index (χ2n) is 4.24. The zero-order valence-electron chi connectivity index (χ0n) is 10.4. The van der Waals surface area contributed by atoms with E-state index in [0.29, 0.717) is 18.0 Å². The predicted octanol–water partition coefficient (Wildman–Crippen LogP) is 1.49. The van der Waals surface area contributed by atoms with Gasteiger partial charge in [-0.25, -0.2) is 0 Å². The Kier molecular flexibility index (Phi) is 3.75. The molecule has 0 radical (unpaired) electrons. The van der Waals surface area contributed by atoms with Crippen molar-refractivity contribution in [2.24, 2.45) is 0 Å². The lowest BCUT2D eigenvalue weighted by Gasteiger charge is -2.17. The van der Waals surface area contributed by atoms with E-state index in [9.17, 15) is 17.1 Å². The number of nitrogens with zero attached hydrogens (tertiary/aromatic N) is 1. The molecule has 1 aromatic carbocycles. The highest BCUT2D eigenvalue weighted by molar-refractivity contribution is 7.87. The van der Waals surface area contributed by atoms with Gasteiger partial charge >= 0.3 is 10.2 Å². The number of hydrogen-bond donors (Lipinski definition) is 0. The molecule has 2 rings (SSSR count). The summed E-state index contributed by atoms with van der Waals surface area (Å²) < 4.78 is 39.9. The molecule has 1 amide bonds. The lowest BCUT2D eigenvalue weighted by atomic mass is 10.3. The molecule has 1 atom stereocenters. The first-order valence-corrected chi connectivity index (χ1v) is 7.33. The summed E-state index contributed by atoms with van der Waals surface area (Å²) in [4.78, 5) is 13.0. The number of carbonyl (C=O) groups excluding carboxylic acids is 1. The second kappa shape index (κ2) is 5.16. The van der Waals surface area contributed by atoms with E-state index >= 15 is 0 Å². The molecule has 7 heteroatoms. The van der Waals surface area contributed by atoms with Gasteiger partial charge in [-0.05, 0) is 19.1 Å². The van der Waals surface area contributed by atoms with Gasteiger partial charge < -0.3 is 9.64 Å². The fourth-order valence-electron chi connectivity index (χ4n) is 2.02. The Morgan fingerprint density at radius 2 is 2.21 bits per heavy atom. The number of rotatable bonds is 4. The number of halogens is 1. The first-order valence-electron chi connectivity index (χ1n) is 5.88. The van der Waals surface area contributed by atoms with Gasteiger partial charge in [-0.2, -0.15) is 8.42 Å². The van der Waals surface area contributed by atoms with Crippen molar-refractivity contribution in [3.63, 3.8) is 0 Å². The number of benzene rings is 1. The molecule has 0 spiro atoms. The van der Waals surface area contributed by atoms with Crippen LogP contribution in [0.25, 0.3) is 0 Å². The van der Waals surface area contributed by atoms with Crippen molar-refractivity contribution >= 4 is 21.8 Å². The molecular formula is C12H14FNO4S. The summed E-state index contributed by atoms with van der Waals surface area (Å²) in [6.07, 6.45) is -0.322. The highest BCUT2D eigenvalue weighted by Gasteiger charge is 2.39. The summed E-state index contributed by atoms with van der Waals surface area (Å²) >= 11 is 0. The first kappa shape index (κ1) is 13.8. The molecule has 1 aromatic rings. The van der Waals surface area contributed by atoms with E-state index in [1.54, 1.807) is 24.3 Å². The Bertz CT molecular complexity index is 587. The minimum absolute atomic E-state index is 0.159. The average Bonchev–Trinajstić information content (AvgIpc) is 2.72. The van der Waals surface area contributed by atoms with E-state index in [-0.39, 0.29) is 13.0 Å². The lowest BCUT2D eigenvalue weighted by Crippen LogP contribution is -2.26. The maximum atomic E-state index is 12.9. The Morgan fingerprint density at radius 1 is 1.47 bits per heavy atom. The van der Waals surface area contributed by atoms with Gasteiger partial charge in [-0.1, -0.05) is 6.07 Å². The van der Waals surface area contributed by atoms with Crippen molar-refractivity contribution < 1.29 is 21.8 Å². The van der Waals surface area contributed by atoms with Crippen LogP contribution in [-0.2, 0) is 15.0 Å². The largest absolute Gasteiger partial charge is 0.494 e. The van der Waals surface area contributed by atoms with E-state index in [2.05, 4.69) is 0 Å². The van der Waals surface area contributed by atoms with E-state index in [1.165, 1.54) is 4.90 Å². The SMILES string of the molecule is CCOc1cccc(N2CC(S(=O)(=O)F)CC2=O)c1. The Labute approximate surface area is 111 Å². The highest BCUT2D eigenvalue weighted by atomic mass is 32.3. The van der Waals surface area contributed by atoms with E-state index < -0.39 is 21.4 Å². The van der Waals surface area contributed by atoms with Crippen molar-refractivity contribution in [2.75, 3.05) is 18.1 Å². The van der Waals surface area contributed by atoms with Gasteiger partial charge in [0.1, 0.15) is 11.0 Å². The fraction of sp³-hybridized carbons (Fsp3) is 0.417. The Hall–Kier alpha value is -1.63. The molecule has 0 aliphatic carbocycles. The van der Waals surface area contributed by atoms with Crippen molar-refractivity contribution in [1.29, 1.82) is 0 Å². The third kappa shape index (κ3) is 3.04. The summed E-state index contributed by atoms with van der Waals surface area (Å²) in [5.41, 5.74) is 0.516. The molecular weight excluding hydrogens is 273 g/mol. The van der Waals surface area contributed by atoms with Crippen molar-refractivity contribution in [1.82, 2.24) is 0 Å². The van der Waals surface area contributed by atoms with Crippen LogP contribution in [0.3, 0.4) is 0 Å². The second-order valence-corrected chi connectivity index (χ2v) is 5.85. The van der Waals surface area contributed by atoms with Gasteiger partial charge in [0.25, 0.3) is 0 Å². The minimum Gasteiger partial charge on any atom is -0.494 e. The maximum absolute atomic E-state index is 12.9. The quantitative estimate of drug-likeness (QED) is 0.787. The van der Waals surface area contributed by atoms with Crippen LogP contribution in [0.5, 0.6) is 5.75 Å². The Balaban J connectivity index is 2.23. The zero-order chi connectivity index (χ0) is 14.0. The van der Waals surface area contributed by atoms with Crippen LogP contribution in [0.15, 0.2) is 24.3 Å². The van der Waals surface area contributed by atoms with Crippen molar-refractivity contribution in [3.8, 4) is 5.75 Å². The first-order chi connectivity index (χ1) is 8.91. The van der Waals surface area contributed by atoms with Crippen LogP contribution in [-0.4, -0.2) is 32.7 Å². The molecule has 0 bridgehead atoms. The number of amides is 1. The fourth-order valence-corrected chi connectivity index (χ4v) is 2.69. The Morgan fingerprint density at radius 3 is 2.79 bits per heavy atom. The third-order valence-corrected chi connectivity index (χ3v) is 4.04. The molecule has 1 aliphatic heterocycles. The number of ether oxygens (including phenoxy) is 1. The summed E-state index contributed by atoms with van der Waals surface area (Å²) in [6.45, 7) is 2.16. The molecule has 0 saturated carbocycles. The zero-order valence-corrected chi connectivity index (χ0v) is 11.2. The smallest absolute Gasteiger partial charge is 0.307 e. The molecule has 1 fully saturated rings. The van der Waals surface area contributed by atoms with Gasteiger partial charge in [0, 0.05) is 24.7 Å². The van der Waals surface area contributed by atoms with Gasteiger partial charge in [-0.15, -0.1) is 3.89 Å². The van der Waals surface area contributed by atoms with Gasteiger partial charge in [0.05, 0.1) is 6.61 Å². The molecule has 1 heterocycles. The molecule has 1 unspecified atom stereocenters. The van der Waals surface area contributed by atoms with E-state index in [0.717, 1.165) is 0 Å². The van der Waals surface area contributed by atoms with Crippen LogP contribution in [0.1, 0.15) is 13.3 Å². The topological polar surface area (TPSA) is 63.7 Å². The normalized spacial score (nSPS) is 19.8. The van der Waals surface area contributed by atoms with E-state index in [1.807, 2.05) is 6.92 Å². The molecule has 1 aliphatic rings. The summed E-state index contributed by atoms with van der Waals surface area (Å²) in [5, 5.41) is -1.28. The van der Waals surface area contributed by atoms with Crippen LogP contribution >= 0.6 is 0 Å². The van der Waals surface area contributed by atoms with E-state index in [4.69, 9.17) is 4.74 Å². The van der Waals surface area contributed by atoms with Crippen LogP contribution in [0.2, 0.25) is 0 Å². The number of anilines is 1. The molecule has 19 heavy (non-hydrogen) atoms. The van der Waals surface area contributed by atoms with Crippen LogP contribution in [0, 0.1) is 0 Å². The van der Waals surface area contributed by atoms with Crippen LogP contribution in [0.4, 0.5) is 9.57 Å². The van der Waals surface area contributed by atoms with Crippen molar-refractivity contribution in [3.05, 3.63) is 24.3 Å². The summed E-state index contributed by atoms with van der Waals surface area (Å²) in [5.74, 6) is 0.180. The van der Waals surface area contributed by atoms with Gasteiger partial charge in [0.2, 0.25) is 5.91 Å². The molecule has 0 aromatic heterocycles. The predicted molar refractivity (Wildman–Crippen MR) is 68.4 cm³/mol. The molecule has 1 saturated heterocycles. The summed E-state index contributed by atoms with van der Waals surface area (Å²) in [7, 11) is -4.69. The monoisotopic (exact) mass is 287 g/mol. The summed E-state index contributed by atoms with van der Waals surface area (Å²) in [6, 6.07) is 6.73. The highest BCUT2D eigenvalue weighted by Crippen LogP contribution is 2.28. The average molecular weight is 287 g/mol. The number of hydrogen-bond acceptors (Lipinski definition) is 4. The maximum Gasteiger partial charge on any atom is 0.307 e. The standard InChI is InChI=1S/C12H14FNO4S/c1-2-18-10-5-3-4-9(6-10)14-8-11(7-12(14)15)19(13,16)17/h3-6,11H,2,7-8H2,1H3. The molecule has 5 nitrogen and oxygen atoms in total. The lowest BCUT2D eigenvalue weighted by molar-refractivity contribution is -0.117. The third-order valence-electron chi connectivity index (χ3n) is 2.93. The number of carbonyl (C=O) groups is 1. The van der Waals surface area contributed by atoms with Gasteiger partial charge in [0.15, 0.2) is 0 Å². The van der Waals surface area contributed by atoms with Crippen LogP contribution < -0.4 is 9.64 Å².